The molecule has 0 aliphatic heterocycles. The average Bonchev–Trinajstić information content (AvgIpc) is 2.63. The molecule has 0 saturated heterocycles. The number of benzene rings is 2. The molecule has 30 heavy (non-hydrogen) atoms. The third kappa shape index (κ3) is 4.92. The maximum atomic E-state index is 12.8. The zero-order chi connectivity index (χ0) is 21.9. The summed E-state index contributed by atoms with van der Waals surface area (Å²) < 4.78 is 62.7. The number of rotatable bonds is 8. The quantitative estimate of drug-likeness (QED) is 0.538. The zero-order valence-corrected chi connectivity index (χ0v) is 18.4. The van der Waals surface area contributed by atoms with Crippen molar-refractivity contribution in [2.45, 2.75) is 31.3 Å². The van der Waals surface area contributed by atoms with E-state index in [-0.39, 0.29) is 11.4 Å². The van der Waals surface area contributed by atoms with Gasteiger partial charge in [0.25, 0.3) is 0 Å². The van der Waals surface area contributed by atoms with Crippen molar-refractivity contribution in [2.24, 2.45) is 0 Å². The van der Waals surface area contributed by atoms with Gasteiger partial charge in [-0.1, -0.05) is 34.5 Å². The van der Waals surface area contributed by atoms with Crippen LogP contribution in [-0.4, -0.2) is 33.9 Å². The number of nitrogens with one attached hydrogen (secondary N) is 1. The van der Waals surface area contributed by atoms with Crippen LogP contribution in [-0.2, 0) is 25.0 Å². The van der Waals surface area contributed by atoms with Crippen LogP contribution in [0.3, 0.4) is 0 Å². The zero-order valence-electron chi connectivity index (χ0n) is 16.0. The number of halogens is 3. The van der Waals surface area contributed by atoms with Gasteiger partial charge in [0.2, 0.25) is 10.0 Å². The third-order valence-corrected chi connectivity index (χ3v) is 6.81. The molecule has 1 N–H and O–H groups in total. The predicted octanol–water partition coefficient (Wildman–Crippen LogP) is 4.44. The highest BCUT2D eigenvalue weighted by Crippen LogP contribution is 2.52. The fraction of sp³-hybridized carbons (Fsp3) is 0.350. The van der Waals surface area contributed by atoms with Crippen LogP contribution in [0.1, 0.15) is 30.4 Å². The molecule has 2 aromatic carbocycles. The Labute approximate surface area is 181 Å². The number of sulfonamides is 1. The maximum absolute atomic E-state index is 12.8. The molecule has 0 heterocycles. The van der Waals surface area contributed by atoms with Crippen molar-refractivity contribution in [3.05, 3.63) is 58.1 Å². The average molecular weight is 504 g/mol. The summed E-state index contributed by atoms with van der Waals surface area (Å²) in [6, 6.07) is 11.6. The van der Waals surface area contributed by atoms with Crippen molar-refractivity contribution >= 4 is 37.6 Å². The molecule has 2 aromatic rings. The lowest BCUT2D eigenvalue weighted by Crippen LogP contribution is -2.37. The molecule has 1 aliphatic rings. The van der Waals surface area contributed by atoms with Crippen LogP contribution in [0, 0.1) is 0 Å². The summed E-state index contributed by atoms with van der Waals surface area (Å²) in [5.41, 5.74) is 1.09. The fourth-order valence-electron chi connectivity index (χ4n) is 3.61. The normalized spacial score (nSPS) is 15.4. The largest absolute Gasteiger partial charge is 0.468 e. The van der Waals surface area contributed by atoms with Gasteiger partial charge in [-0.2, -0.15) is 8.78 Å². The van der Waals surface area contributed by atoms with E-state index in [0.717, 1.165) is 23.6 Å². The van der Waals surface area contributed by atoms with E-state index in [2.05, 4.69) is 30.1 Å². The van der Waals surface area contributed by atoms with Crippen LogP contribution in [0.15, 0.2) is 46.9 Å². The first-order valence-corrected chi connectivity index (χ1v) is 11.5. The van der Waals surface area contributed by atoms with Crippen LogP contribution in [0.25, 0.3) is 0 Å². The number of anilines is 1. The summed E-state index contributed by atoms with van der Waals surface area (Å²) in [5.74, 6) is -1.84. The minimum atomic E-state index is -4.06. The van der Waals surface area contributed by atoms with E-state index >= 15 is 0 Å². The summed E-state index contributed by atoms with van der Waals surface area (Å²) in [6.45, 7) is -3.01. The van der Waals surface area contributed by atoms with Gasteiger partial charge in [-0.3, -0.25) is 9.52 Å². The summed E-state index contributed by atoms with van der Waals surface area (Å²) in [7, 11) is -2.96. The molecule has 0 amide bonds. The fourth-order valence-corrected chi connectivity index (χ4v) is 4.89. The lowest BCUT2D eigenvalue weighted by atomic mass is 9.60. The molecular weight excluding hydrogens is 484 g/mol. The second kappa shape index (κ2) is 8.89. The van der Waals surface area contributed by atoms with Crippen LogP contribution >= 0.6 is 15.9 Å². The molecule has 0 spiro atoms. The molecule has 6 nitrogen and oxygen atoms in total. The van der Waals surface area contributed by atoms with E-state index in [9.17, 15) is 22.0 Å². The van der Waals surface area contributed by atoms with Crippen molar-refractivity contribution in [3.63, 3.8) is 0 Å². The van der Waals surface area contributed by atoms with E-state index in [0.29, 0.717) is 18.4 Å². The molecule has 0 radical (unpaired) electrons. The van der Waals surface area contributed by atoms with Gasteiger partial charge in [0.1, 0.15) is 5.75 Å². The standard InChI is InChI=1S/C20H20BrF2NO5S/c1-28-18(25)12-30(26,27)24-17-8-7-15(29-19(22)23)11-16(17)20(9-2-10-20)13-3-5-14(21)6-4-13/h3-8,11,19,24H,2,9-10,12H2,1H3. The van der Waals surface area contributed by atoms with Crippen LogP contribution < -0.4 is 9.46 Å². The van der Waals surface area contributed by atoms with Crippen molar-refractivity contribution in [2.75, 3.05) is 17.6 Å². The first-order chi connectivity index (χ1) is 14.1. The van der Waals surface area contributed by atoms with Crippen LogP contribution in [0.5, 0.6) is 5.75 Å². The molecule has 1 aliphatic carbocycles. The van der Waals surface area contributed by atoms with E-state index in [1.54, 1.807) is 0 Å². The van der Waals surface area contributed by atoms with Gasteiger partial charge in [0, 0.05) is 9.89 Å². The summed E-state index contributed by atoms with van der Waals surface area (Å²) in [6.07, 6.45) is 2.31. The second-order valence-corrected chi connectivity index (χ2v) is 9.60. The maximum Gasteiger partial charge on any atom is 0.387 e. The predicted molar refractivity (Wildman–Crippen MR) is 111 cm³/mol. The van der Waals surface area contributed by atoms with E-state index in [4.69, 9.17) is 0 Å². The Balaban J connectivity index is 2.07. The highest BCUT2D eigenvalue weighted by Gasteiger charge is 2.42. The number of hydrogen-bond donors (Lipinski definition) is 1. The monoisotopic (exact) mass is 503 g/mol. The van der Waals surface area contributed by atoms with Crippen LogP contribution in [0.4, 0.5) is 14.5 Å². The first kappa shape index (κ1) is 22.5. The van der Waals surface area contributed by atoms with Crippen molar-refractivity contribution in [3.8, 4) is 5.75 Å². The van der Waals surface area contributed by atoms with Gasteiger partial charge in [-0.05, 0) is 54.3 Å². The molecule has 0 aromatic heterocycles. The number of esters is 1. The second-order valence-electron chi connectivity index (χ2n) is 6.97. The SMILES string of the molecule is COC(=O)CS(=O)(=O)Nc1ccc(OC(F)F)cc1C1(c2ccc(Br)cc2)CCC1. The number of hydrogen-bond acceptors (Lipinski definition) is 5. The number of carbonyl (C=O) groups is 1. The molecule has 10 heteroatoms. The minimum absolute atomic E-state index is 0.0701. The first-order valence-electron chi connectivity index (χ1n) is 9.08. The van der Waals surface area contributed by atoms with Gasteiger partial charge >= 0.3 is 12.6 Å². The van der Waals surface area contributed by atoms with Crippen molar-refractivity contribution < 1.29 is 31.5 Å². The van der Waals surface area contributed by atoms with Gasteiger partial charge < -0.3 is 9.47 Å². The summed E-state index contributed by atoms with van der Waals surface area (Å²) >= 11 is 3.39. The Bertz CT molecular complexity index is 1020. The van der Waals surface area contributed by atoms with E-state index in [1.165, 1.54) is 18.2 Å². The number of alkyl halides is 2. The minimum Gasteiger partial charge on any atom is -0.468 e. The Hall–Kier alpha value is -2.20. The Morgan fingerprint density at radius 3 is 2.40 bits per heavy atom. The number of carbonyl (C=O) groups excluding carboxylic acids is 1. The molecule has 1 fully saturated rings. The summed E-state index contributed by atoms with van der Waals surface area (Å²) in [5, 5.41) is 0. The smallest absolute Gasteiger partial charge is 0.387 e. The number of methoxy groups -OCH3 is 1. The van der Waals surface area contributed by atoms with Gasteiger partial charge in [-0.15, -0.1) is 0 Å². The van der Waals surface area contributed by atoms with Crippen molar-refractivity contribution in [1.29, 1.82) is 0 Å². The molecule has 0 atom stereocenters. The Morgan fingerprint density at radius 2 is 1.87 bits per heavy atom. The third-order valence-electron chi connectivity index (χ3n) is 5.14. The van der Waals surface area contributed by atoms with Crippen molar-refractivity contribution in [1.82, 2.24) is 0 Å². The molecule has 1 saturated carbocycles. The topological polar surface area (TPSA) is 81.7 Å². The van der Waals surface area contributed by atoms with Gasteiger partial charge in [0.15, 0.2) is 5.75 Å². The molecular formula is C20H20BrF2NO5S. The lowest BCUT2D eigenvalue weighted by molar-refractivity contribution is -0.137. The lowest BCUT2D eigenvalue weighted by Gasteiger charge is -2.44. The highest BCUT2D eigenvalue weighted by molar-refractivity contribution is 9.10. The molecule has 0 unspecified atom stereocenters. The van der Waals surface area contributed by atoms with E-state index in [1.807, 2.05) is 24.3 Å². The van der Waals surface area contributed by atoms with Crippen LogP contribution in [0.2, 0.25) is 0 Å². The van der Waals surface area contributed by atoms with Gasteiger partial charge in [0.05, 0.1) is 12.8 Å². The molecule has 162 valence electrons. The molecule has 3 rings (SSSR count). The van der Waals surface area contributed by atoms with Gasteiger partial charge in [-0.25, -0.2) is 8.42 Å². The highest BCUT2D eigenvalue weighted by atomic mass is 79.9. The number of ether oxygens (including phenoxy) is 2. The molecule has 0 bridgehead atoms. The Kier molecular flexibility index (Phi) is 6.66. The summed E-state index contributed by atoms with van der Waals surface area (Å²) in [4.78, 5) is 11.4. The Morgan fingerprint density at radius 1 is 1.20 bits per heavy atom. The van der Waals surface area contributed by atoms with E-state index < -0.39 is 33.8 Å².